The van der Waals surface area contributed by atoms with Gasteiger partial charge in [-0.25, -0.2) is 0 Å². The van der Waals surface area contributed by atoms with Gasteiger partial charge in [0.25, 0.3) is 0 Å². The first kappa shape index (κ1) is 14.9. The molecule has 1 N–H and O–H groups in total. The third-order valence-electron chi connectivity index (χ3n) is 4.37. The normalized spacial score (nSPS) is 21.0. The Morgan fingerprint density at radius 3 is 2.62 bits per heavy atom. The van der Waals surface area contributed by atoms with Crippen LogP contribution in [-0.2, 0) is 0 Å². The first-order chi connectivity index (χ1) is 10.1. The molecular formula is C18H19BrClN. The lowest BCUT2D eigenvalue weighted by Crippen LogP contribution is -2.19. The van der Waals surface area contributed by atoms with Crippen LogP contribution in [0.5, 0.6) is 0 Å². The van der Waals surface area contributed by atoms with Crippen molar-refractivity contribution in [2.24, 2.45) is 0 Å². The SMILES string of the molecule is Cc1cc(Br)c(NC2CCC(C)c3ccccc32)cc1Cl. The van der Waals surface area contributed by atoms with Gasteiger partial charge in [0.15, 0.2) is 0 Å². The summed E-state index contributed by atoms with van der Waals surface area (Å²) in [5.41, 5.74) is 5.04. The molecule has 21 heavy (non-hydrogen) atoms. The van der Waals surface area contributed by atoms with Crippen LogP contribution in [0.25, 0.3) is 0 Å². The van der Waals surface area contributed by atoms with E-state index in [-0.39, 0.29) is 0 Å². The minimum atomic E-state index is 0.354. The molecule has 0 fully saturated rings. The smallest absolute Gasteiger partial charge is 0.0517 e. The molecule has 3 rings (SSSR count). The van der Waals surface area contributed by atoms with E-state index in [2.05, 4.69) is 58.5 Å². The van der Waals surface area contributed by atoms with Gasteiger partial charge in [0.1, 0.15) is 0 Å². The number of anilines is 1. The van der Waals surface area contributed by atoms with Crippen molar-refractivity contribution >= 4 is 33.2 Å². The number of hydrogen-bond donors (Lipinski definition) is 1. The molecule has 2 aromatic rings. The van der Waals surface area contributed by atoms with E-state index >= 15 is 0 Å². The summed E-state index contributed by atoms with van der Waals surface area (Å²) in [6.45, 7) is 4.34. The minimum absolute atomic E-state index is 0.354. The summed E-state index contributed by atoms with van der Waals surface area (Å²) < 4.78 is 1.07. The van der Waals surface area contributed by atoms with E-state index in [1.807, 2.05) is 13.0 Å². The summed E-state index contributed by atoms with van der Waals surface area (Å²) in [6.07, 6.45) is 2.36. The first-order valence-corrected chi connectivity index (χ1v) is 8.54. The highest BCUT2D eigenvalue weighted by molar-refractivity contribution is 9.10. The van der Waals surface area contributed by atoms with E-state index in [9.17, 15) is 0 Å². The molecule has 110 valence electrons. The summed E-state index contributed by atoms with van der Waals surface area (Å²) >= 11 is 9.90. The largest absolute Gasteiger partial charge is 0.377 e. The van der Waals surface area contributed by atoms with Crippen LogP contribution in [0, 0.1) is 6.92 Å². The van der Waals surface area contributed by atoms with Crippen molar-refractivity contribution in [3.8, 4) is 0 Å². The third-order valence-corrected chi connectivity index (χ3v) is 5.43. The molecule has 0 heterocycles. The van der Waals surface area contributed by atoms with E-state index in [4.69, 9.17) is 11.6 Å². The van der Waals surface area contributed by atoms with Crippen molar-refractivity contribution in [2.45, 2.75) is 38.6 Å². The summed E-state index contributed by atoms with van der Waals surface area (Å²) in [6, 6.07) is 13.2. The summed E-state index contributed by atoms with van der Waals surface area (Å²) in [5, 5.41) is 4.47. The van der Waals surface area contributed by atoms with Gasteiger partial charge in [0, 0.05) is 9.50 Å². The molecule has 2 unspecified atom stereocenters. The van der Waals surface area contributed by atoms with Crippen LogP contribution in [0.2, 0.25) is 5.02 Å². The molecule has 0 aliphatic heterocycles. The number of benzene rings is 2. The lowest BCUT2D eigenvalue weighted by Gasteiger charge is -2.31. The molecule has 1 nitrogen and oxygen atoms in total. The predicted octanol–water partition coefficient (Wildman–Crippen LogP) is 6.46. The molecule has 0 amide bonds. The van der Waals surface area contributed by atoms with E-state index in [0.29, 0.717) is 12.0 Å². The molecule has 2 atom stereocenters. The van der Waals surface area contributed by atoms with Crippen LogP contribution < -0.4 is 5.32 Å². The second-order valence-electron chi connectivity index (χ2n) is 5.89. The average molecular weight is 365 g/mol. The maximum absolute atomic E-state index is 6.27. The molecule has 2 aromatic carbocycles. The summed E-state index contributed by atoms with van der Waals surface area (Å²) in [4.78, 5) is 0. The monoisotopic (exact) mass is 363 g/mol. The Morgan fingerprint density at radius 1 is 1.14 bits per heavy atom. The molecule has 0 saturated heterocycles. The van der Waals surface area contributed by atoms with E-state index in [0.717, 1.165) is 27.2 Å². The maximum Gasteiger partial charge on any atom is 0.0517 e. The number of hydrogen-bond acceptors (Lipinski definition) is 1. The van der Waals surface area contributed by atoms with Gasteiger partial charge in [-0.3, -0.25) is 0 Å². The summed E-state index contributed by atoms with van der Waals surface area (Å²) in [7, 11) is 0. The van der Waals surface area contributed by atoms with Crippen LogP contribution >= 0.6 is 27.5 Å². The first-order valence-electron chi connectivity index (χ1n) is 7.37. The molecule has 0 spiro atoms. The van der Waals surface area contributed by atoms with Crippen LogP contribution in [0.15, 0.2) is 40.9 Å². The predicted molar refractivity (Wildman–Crippen MR) is 94.3 cm³/mol. The fourth-order valence-corrected chi connectivity index (χ4v) is 3.84. The van der Waals surface area contributed by atoms with Crippen molar-refractivity contribution in [1.29, 1.82) is 0 Å². The zero-order valence-corrected chi connectivity index (χ0v) is 14.6. The second-order valence-corrected chi connectivity index (χ2v) is 7.15. The topological polar surface area (TPSA) is 12.0 Å². The van der Waals surface area contributed by atoms with Gasteiger partial charge in [-0.15, -0.1) is 0 Å². The van der Waals surface area contributed by atoms with Gasteiger partial charge in [-0.2, -0.15) is 0 Å². The van der Waals surface area contributed by atoms with Crippen LogP contribution in [0.1, 0.15) is 48.4 Å². The van der Waals surface area contributed by atoms with Gasteiger partial charge in [0.2, 0.25) is 0 Å². The van der Waals surface area contributed by atoms with Gasteiger partial charge in [-0.1, -0.05) is 42.8 Å². The molecule has 0 bridgehead atoms. The second kappa shape index (κ2) is 6.02. The molecule has 3 heteroatoms. The Kier molecular flexibility index (Phi) is 4.28. The van der Waals surface area contributed by atoms with E-state index in [1.165, 1.54) is 17.5 Å². The molecule has 0 saturated carbocycles. The minimum Gasteiger partial charge on any atom is -0.377 e. The average Bonchev–Trinajstić information content (AvgIpc) is 2.48. The number of nitrogens with one attached hydrogen (secondary N) is 1. The number of rotatable bonds is 2. The van der Waals surface area contributed by atoms with E-state index < -0.39 is 0 Å². The van der Waals surface area contributed by atoms with Gasteiger partial charge < -0.3 is 5.32 Å². The Bertz CT molecular complexity index is 668. The molecule has 1 aliphatic carbocycles. The zero-order valence-electron chi connectivity index (χ0n) is 12.3. The molecule has 1 aliphatic rings. The van der Waals surface area contributed by atoms with Crippen LogP contribution in [-0.4, -0.2) is 0 Å². The highest BCUT2D eigenvalue weighted by Gasteiger charge is 2.24. The van der Waals surface area contributed by atoms with Gasteiger partial charge in [0.05, 0.1) is 11.7 Å². The zero-order chi connectivity index (χ0) is 15.0. The maximum atomic E-state index is 6.27. The standard InChI is InChI=1S/C18H19BrClN/c1-11-7-8-17(14-6-4-3-5-13(11)14)21-18-10-16(20)12(2)9-15(18)19/h3-6,9-11,17,21H,7-8H2,1-2H3. The number of aryl methyl sites for hydroxylation is 1. The number of fused-ring (bicyclic) bond motifs is 1. The summed E-state index contributed by atoms with van der Waals surface area (Å²) in [5.74, 6) is 0.643. The van der Waals surface area contributed by atoms with Crippen LogP contribution in [0.3, 0.4) is 0 Å². The van der Waals surface area contributed by atoms with Crippen molar-refractivity contribution in [3.63, 3.8) is 0 Å². The van der Waals surface area contributed by atoms with Gasteiger partial charge >= 0.3 is 0 Å². The Balaban J connectivity index is 1.93. The number of halogens is 2. The van der Waals surface area contributed by atoms with Crippen molar-refractivity contribution in [3.05, 3.63) is 62.6 Å². The lowest BCUT2D eigenvalue weighted by molar-refractivity contribution is 0.534. The Labute approximate surface area is 139 Å². The van der Waals surface area contributed by atoms with Crippen LogP contribution in [0.4, 0.5) is 5.69 Å². The highest BCUT2D eigenvalue weighted by Crippen LogP contribution is 2.40. The fourth-order valence-electron chi connectivity index (χ4n) is 3.10. The van der Waals surface area contributed by atoms with Crippen molar-refractivity contribution < 1.29 is 0 Å². The Morgan fingerprint density at radius 2 is 1.86 bits per heavy atom. The quantitative estimate of drug-likeness (QED) is 0.644. The highest BCUT2D eigenvalue weighted by atomic mass is 79.9. The molecule has 0 aromatic heterocycles. The molecule has 0 radical (unpaired) electrons. The molecular weight excluding hydrogens is 346 g/mol. The van der Waals surface area contributed by atoms with Crippen molar-refractivity contribution in [1.82, 2.24) is 0 Å². The Hall–Kier alpha value is -0.990. The van der Waals surface area contributed by atoms with Gasteiger partial charge in [-0.05, 0) is 70.4 Å². The van der Waals surface area contributed by atoms with E-state index in [1.54, 1.807) is 0 Å². The third kappa shape index (κ3) is 2.97. The van der Waals surface area contributed by atoms with Crippen molar-refractivity contribution in [2.75, 3.05) is 5.32 Å². The fraction of sp³-hybridized carbons (Fsp3) is 0.333. The lowest BCUT2D eigenvalue weighted by atomic mass is 9.81.